The van der Waals surface area contributed by atoms with Crippen LogP contribution in [-0.4, -0.2) is 63.6 Å². The third kappa shape index (κ3) is 2.01. The number of hydrogen-bond acceptors (Lipinski definition) is 8. The number of fused-ring (bicyclic) bond motifs is 5. The Morgan fingerprint density at radius 1 is 0.900 bits per heavy atom. The largest absolute Gasteiger partial charge is 0.466 e. The fourth-order valence-electron chi connectivity index (χ4n) is 12.0. The predicted molar refractivity (Wildman–Crippen MR) is 139 cm³/mol. The molecule has 212 valence electrons. The molecule has 0 bridgehead atoms. The molecule has 4 saturated carbocycles. The van der Waals surface area contributed by atoms with Gasteiger partial charge in [-0.05, 0) is 81.3 Å². The van der Waals surface area contributed by atoms with E-state index in [2.05, 4.69) is 0 Å². The van der Waals surface area contributed by atoms with Crippen LogP contribution < -0.4 is 0 Å². The van der Waals surface area contributed by atoms with Crippen LogP contribution in [0.2, 0.25) is 0 Å². The van der Waals surface area contributed by atoms with Crippen molar-refractivity contribution in [1.29, 1.82) is 0 Å². The molecule has 40 heavy (non-hydrogen) atoms. The fourth-order valence-corrected chi connectivity index (χ4v) is 12.0. The van der Waals surface area contributed by atoms with Gasteiger partial charge in [-0.15, -0.1) is 0 Å². The zero-order valence-corrected chi connectivity index (χ0v) is 23.8. The summed E-state index contributed by atoms with van der Waals surface area (Å²) in [6.07, 6.45) is -0.0597. The first kappa shape index (κ1) is 25.3. The maximum Gasteiger partial charge on any atom is 0.333 e. The van der Waals surface area contributed by atoms with Gasteiger partial charge in [0.25, 0.3) is 0 Å². The van der Waals surface area contributed by atoms with Crippen LogP contribution in [-0.2, 0) is 23.9 Å². The summed E-state index contributed by atoms with van der Waals surface area (Å²) in [6, 6.07) is 0. The van der Waals surface area contributed by atoms with Crippen LogP contribution >= 0.6 is 0 Å². The van der Waals surface area contributed by atoms with Crippen molar-refractivity contribution in [2.24, 2.45) is 51.2 Å². The minimum atomic E-state index is -1.79. The van der Waals surface area contributed by atoms with E-state index in [1.54, 1.807) is 13.8 Å². The Morgan fingerprint density at radius 3 is 2.20 bits per heavy atom. The molecule has 1 spiro atoms. The van der Waals surface area contributed by atoms with E-state index in [9.17, 15) is 34.5 Å². The summed E-state index contributed by atoms with van der Waals surface area (Å²) in [7, 11) is 1.19. The highest BCUT2D eigenvalue weighted by Gasteiger charge is 2.91. The predicted octanol–water partition coefficient (Wildman–Crippen LogP) is 2.00. The van der Waals surface area contributed by atoms with Crippen LogP contribution in [0.3, 0.4) is 0 Å². The third-order valence-electron chi connectivity index (χ3n) is 13.9. The van der Waals surface area contributed by atoms with E-state index >= 15 is 0 Å². The number of aliphatic hydroxyl groups excluding tert-OH is 2. The zero-order valence-electron chi connectivity index (χ0n) is 23.8. The molecule has 0 saturated heterocycles. The van der Waals surface area contributed by atoms with Gasteiger partial charge in [-0.2, -0.15) is 0 Å². The number of rotatable bonds is 2. The molecule has 4 fully saturated rings. The smallest absolute Gasteiger partial charge is 0.333 e. The standard InChI is InChI=1S/C32H36O8/c1-11(27(38)40-6)18-22(34)26(37)30(5)16-10-17(16)31-8-7-13-14-9-15(14)29(4)19(13)20(31)21(23(35)25(29)36)28(3,12(2)33)24(18)32(30,31)39/h14-17,24-26,36-37,39H,7-10H2,1-6H3/b18-11+/t14-,15-,16-,17+,24-,25+,26+,28+,29+,30-,31+,32-/m1/s1. The lowest BCUT2D eigenvalue weighted by molar-refractivity contribution is -0.236. The molecule has 12 atom stereocenters. The molecule has 0 heterocycles. The molecule has 0 unspecified atom stereocenters. The van der Waals surface area contributed by atoms with E-state index in [-0.39, 0.29) is 34.5 Å². The number of methoxy groups -OCH3 is 1. The van der Waals surface area contributed by atoms with Crippen LogP contribution in [0.25, 0.3) is 0 Å². The van der Waals surface area contributed by atoms with Crippen molar-refractivity contribution in [1.82, 2.24) is 0 Å². The molecule has 8 nitrogen and oxygen atoms in total. The summed E-state index contributed by atoms with van der Waals surface area (Å²) in [6.45, 7) is 8.12. The highest BCUT2D eigenvalue weighted by Crippen LogP contribution is 2.89. The topological polar surface area (TPSA) is 138 Å². The highest BCUT2D eigenvalue weighted by atomic mass is 16.5. The number of carbonyl (C=O) groups is 4. The summed E-state index contributed by atoms with van der Waals surface area (Å²) < 4.78 is 4.98. The second-order valence-electron chi connectivity index (χ2n) is 14.6. The second-order valence-corrected chi connectivity index (χ2v) is 14.6. The molecule has 0 aromatic carbocycles. The van der Waals surface area contributed by atoms with Gasteiger partial charge in [0.2, 0.25) is 0 Å². The Morgan fingerprint density at radius 2 is 1.57 bits per heavy atom. The Kier molecular flexibility index (Phi) is 4.19. The van der Waals surface area contributed by atoms with E-state index in [0.29, 0.717) is 25.2 Å². The SMILES string of the molecule is COC(=O)/C(C)=C1\C(=O)[C@H](O)[C@@]2(C)[C@@H]3C[C@@H]3[C@@]34CCC5=C6C3=C(C(=O)[C@H](O)[C@@]6(C)[C@@H]3C[C@H]53)[C@](C)(C(C)=O)[C@@H]1[C@@]24O. The van der Waals surface area contributed by atoms with E-state index in [0.717, 1.165) is 17.6 Å². The molecule has 0 aromatic heterocycles. The first-order valence-corrected chi connectivity index (χ1v) is 14.6. The number of hydrogen-bond donors (Lipinski definition) is 3. The lowest BCUT2D eigenvalue weighted by atomic mass is 9.34. The zero-order chi connectivity index (χ0) is 28.9. The van der Waals surface area contributed by atoms with Gasteiger partial charge in [-0.1, -0.05) is 19.4 Å². The number of esters is 1. The van der Waals surface area contributed by atoms with Crippen molar-refractivity contribution in [3.63, 3.8) is 0 Å². The quantitative estimate of drug-likeness (QED) is 0.352. The summed E-state index contributed by atoms with van der Waals surface area (Å²) in [5.41, 5.74) is -3.65. The van der Waals surface area contributed by atoms with Gasteiger partial charge in [-0.25, -0.2) is 4.79 Å². The van der Waals surface area contributed by atoms with Crippen molar-refractivity contribution in [3.05, 3.63) is 33.4 Å². The van der Waals surface area contributed by atoms with Crippen LogP contribution in [0.15, 0.2) is 33.4 Å². The number of Topliss-reactive ketones (excluding diaryl/α,β-unsaturated/α-hetero) is 3. The summed E-state index contributed by atoms with van der Waals surface area (Å²) >= 11 is 0. The molecular formula is C32H36O8. The number of ether oxygens (including phenoxy) is 1. The Labute approximate surface area is 232 Å². The molecular weight excluding hydrogens is 512 g/mol. The summed E-state index contributed by atoms with van der Waals surface area (Å²) in [4.78, 5) is 55.6. The van der Waals surface area contributed by atoms with E-state index in [1.807, 2.05) is 6.92 Å². The van der Waals surface area contributed by atoms with Gasteiger partial charge in [0.05, 0.1) is 18.1 Å². The van der Waals surface area contributed by atoms with Crippen molar-refractivity contribution < 1.29 is 39.2 Å². The van der Waals surface area contributed by atoms with Crippen molar-refractivity contribution in [2.45, 2.75) is 78.1 Å². The van der Waals surface area contributed by atoms with E-state index in [1.165, 1.54) is 26.5 Å². The Balaban J connectivity index is 1.58. The maximum absolute atomic E-state index is 14.5. The summed E-state index contributed by atoms with van der Waals surface area (Å²) in [5, 5.41) is 37.1. The highest BCUT2D eigenvalue weighted by molar-refractivity contribution is 6.14. The van der Waals surface area contributed by atoms with Crippen LogP contribution in [0.4, 0.5) is 0 Å². The Bertz CT molecular complexity index is 1530. The first-order valence-electron chi connectivity index (χ1n) is 14.6. The molecule has 8 aliphatic rings. The van der Waals surface area contributed by atoms with E-state index < -0.39 is 68.7 Å². The number of carbonyl (C=O) groups excluding carboxylic acids is 4. The van der Waals surface area contributed by atoms with Gasteiger partial charge >= 0.3 is 5.97 Å². The Hall–Kier alpha value is -2.42. The molecule has 8 heteroatoms. The third-order valence-corrected chi connectivity index (χ3v) is 13.9. The van der Waals surface area contributed by atoms with Gasteiger partial charge in [0, 0.05) is 38.9 Å². The van der Waals surface area contributed by atoms with Crippen molar-refractivity contribution in [2.75, 3.05) is 7.11 Å². The average Bonchev–Trinajstić information content (AvgIpc) is 3.83. The van der Waals surface area contributed by atoms with Gasteiger partial charge < -0.3 is 20.1 Å². The second kappa shape index (κ2) is 6.63. The first-order chi connectivity index (χ1) is 18.6. The molecule has 3 N–H and O–H groups in total. The molecule has 0 radical (unpaired) electrons. The fraction of sp³-hybridized carbons (Fsp3) is 0.688. The average molecular weight is 549 g/mol. The number of allylic oxidation sites excluding steroid dienone is 1. The van der Waals surface area contributed by atoms with Crippen LogP contribution in [0.5, 0.6) is 0 Å². The maximum atomic E-state index is 14.5. The van der Waals surface area contributed by atoms with Gasteiger partial charge in [0.1, 0.15) is 18.0 Å². The normalized spacial score (nSPS) is 55.4. The monoisotopic (exact) mass is 548 g/mol. The molecule has 0 aromatic rings. The van der Waals surface area contributed by atoms with Gasteiger partial charge in [0.15, 0.2) is 11.6 Å². The molecule has 8 aliphatic carbocycles. The molecule has 0 amide bonds. The number of aliphatic hydroxyl groups is 3. The van der Waals surface area contributed by atoms with Gasteiger partial charge in [-0.3, -0.25) is 14.4 Å². The van der Waals surface area contributed by atoms with Crippen LogP contribution in [0, 0.1) is 51.2 Å². The summed E-state index contributed by atoms with van der Waals surface area (Å²) in [5.74, 6) is -3.53. The lowest BCUT2D eigenvalue weighted by Crippen LogP contribution is -2.77. The van der Waals surface area contributed by atoms with Crippen molar-refractivity contribution >= 4 is 23.3 Å². The van der Waals surface area contributed by atoms with E-state index in [4.69, 9.17) is 4.74 Å². The molecule has 0 aliphatic heterocycles. The lowest BCUT2D eigenvalue weighted by Gasteiger charge is -2.69. The minimum absolute atomic E-state index is 0.0780. The number of ketones is 3. The molecule has 8 rings (SSSR count). The minimum Gasteiger partial charge on any atom is -0.466 e. The van der Waals surface area contributed by atoms with Crippen molar-refractivity contribution in [3.8, 4) is 0 Å². The van der Waals surface area contributed by atoms with Crippen LogP contribution in [0.1, 0.15) is 60.3 Å².